The molecule has 0 aliphatic carbocycles. The second-order valence-corrected chi connectivity index (χ2v) is 8.65. The third kappa shape index (κ3) is 3.95. The van der Waals surface area contributed by atoms with Gasteiger partial charge >= 0.3 is 0 Å². The molecule has 3 saturated heterocycles. The molecular formula is C26H27FN2O2. The van der Waals surface area contributed by atoms with Crippen molar-refractivity contribution in [1.82, 2.24) is 9.88 Å². The van der Waals surface area contributed by atoms with Crippen molar-refractivity contribution in [3.8, 4) is 5.75 Å². The second kappa shape index (κ2) is 8.40. The SMILES string of the molecule is COc1ccc2nccc([C@@H](O)C3CC4CCN3CC4/C=C/c3cccc(F)c3)c2c1. The topological polar surface area (TPSA) is 45.6 Å². The molecule has 0 radical (unpaired) electrons. The molecule has 4 nitrogen and oxygen atoms in total. The minimum absolute atomic E-state index is 0.0920. The number of piperidine rings is 3. The third-order valence-corrected chi connectivity index (χ3v) is 6.90. The fourth-order valence-corrected chi connectivity index (χ4v) is 5.24. The number of nitrogens with zero attached hydrogens (tertiary/aromatic N) is 2. The van der Waals surface area contributed by atoms with Crippen LogP contribution in [0.1, 0.15) is 30.1 Å². The van der Waals surface area contributed by atoms with Gasteiger partial charge in [-0.05, 0) is 78.7 Å². The monoisotopic (exact) mass is 418 g/mol. The Kier molecular flexibility index (Phi) is 5.47. The zero-order valence-electron chi connectivity index (χ0n) is 17.6. The zero-order chi connectivity index (χ0) is 21.4. The van der Waals surface area contributed by atoms with Crippen molar-refractivity contribution in [3.63, 3.8) is 0 Å². The van der Waals surface area contributed by atoms with Gasteiger partial charge < -0.3 is 9.84 Å². The summed E-state index contributed by atoms with van der Waals surface area (Å²) in [5, 5.41) is 12.3. The quantitative estimate of drug-likeness (QED) is 0.644. The predicted molar refractivity (Wildman–Crippen MR) is 120 cm³/mol. The molecular weight excluding hydrogens is 391 g/mol. The molecule has 31 heavy (non-hydrogen) atoms. The van der Waals surface area contributed by atoms with E-state index in [9.17, 15) is 9.50 Å². The molecule has 4 unspecified atom stereocenters. The summed E-state index contributed by atoms with van der Waals surface area (Å²) in [6.45, 7) is 1.92. The van der Waals surface area contributed by atoms with Crippen LogP contribution in [0.15, 0.2) is 60.8 Å². The number of rotatable bonds is 5. The Hall–Kier alpha value is -2.76. The summed E-state index contributed by atoms with van der Waals surface area (Å²) < 4.78 is 18.8. The maximum absolute atomic E-state index is 13.5. The van der Waals surface area contributed by atoms with E-state index in [0.29, 0.717) is 11.8 Å². The molecule has 0 amide bonds. The lowest BCUT2D eigenvalue weighted by atomic mass is 9.73. The van der Waals surface area contributed by atoms with Gasteiger partial charge in [0.15, 0.2) is 0 Å². The molecule has 3 aromatic rings. The molecule has 1 aromatic heterocycles. The smallest absolute Gasteiger partial charge is 0.123 e. The van der Waals surface area contributed by atoms with Crippen LogP contribution in [0.5, 0.6) is 5.75 Å². The van der Waals surface area contributed by atoms with Crippen LogP contribution in [0, 0.1) is 17.7 Å². The van der Waals surface area contributed by atoms with Crippen molar-refractivity contribution in [2.24, 2.45) is 11.8 Å². The number of aromatic nitrogens is 1. The van der Waals surface area contributed by atoms with Gasteiger partial charge in [0.25, 0.3) is 0 Å². The van der Waals surface area contributed by atoms with Gasteiger partial charge in [-0.1, -0.05) is 24.3 Å². The lowest BCUT2D eigenvalue weighted by molar-refractivity contribution is -0.0444. The minimum atomic E-state index is -0.575. The van der Waals surface area contributed by atoms with Gasteiger partial charge in [0.05, 0.1) is 18.7 Å². The fourth-order valence-electron chi connectivity index (χ4n) is 5.24. The summed E-state index contributed by atoms with van der Waals surface area (Å²) in [5.41, 5.74) is 2.67. The Morgan fingerprint density at radius 2 is 2.13 bits per heavy atom. The normalized spacial score (nSPS) is 26.4. The molecule has 5 atom stereocenters. The van der Waals surface area contributed by atoms with Crippen LogP contribution in [-0.4, -0.2) is 41.2 Å². The van der Waals surface area contributed by atoms with Crippen molar-refractivity contribution in [2.75, 3.05) is 20.2 Å². The molecule has 1 N–H and O–H groups in total. The number of hydrogen-bond acceptors (Lipinski definition) is 4. The van der Waals surface area contributed by atoms with Gasteiger partial charge in [-0.25, -0.2) is 4.39 Å². The molecule has 6 rings (SSSR count). The number of aliphatic hydroxyl groups is 1. The average molecular weight is 419 g/mol. The Morgan fingerprint density at radius 1 is 1.23 bits per heavy atom. The molecule has 2 aromatic carbocycles. The lowest BCUT2D eigenvalue weighted by Gasteiger charge is -2.50. The first kappa shape index (κ1) is 20.2. The van der Waals surface area contributed by atoms with Crippen LogP contribution in [0.2, 0.25) is 0 Å². The first-order chi connectivity index (χ1) is 15.1. The Labute approximate surface area is 182 Å². The van der Waals surface area contributed by atoms with Crippen LogP contribution in [-0.2, 0) is 0 Å². The van der Waals surface area contributed by atoms with Gasteiger partial charge in [-0.3, -0.25) is 9.88 Å². The highest BCUT2D eigenvalue weighted by Gasteiger charge is 2.42. The number of ether oxygens (including phenoxy) is 1. The van der Waals surface area contributed by atoms with E-state index in [-0.39, 0.29) is 11.9 Å². The van der Waals surface area contributed by atoms with Gasteiger partial charge in [0.2, 0.25) is 0 Å². The van der Waals surface area contributed by atoms with Crippen molar-refractivity contribution in [3.05, 3.63) is 77.7 Å². The van der Waals surface area contributed by atoms with Gasteiger partial charge in [0.1, 0.15) is 11.6 Å². The summed E-state index contributed by atoms with van der Waals surface area (Å²) in [6.07, 6.45) is 7.53. The zero-order valence-corrected chi connectivity index (χ0v) is 17.6. The van der Waals surface area contributed by atoms with Crippen LogP contribution < -0.4 is 4.74 Å². The van der Waals surface area contributed by atoms with Crippen LogP contribution in [0.3, 0.4) is 0 Å². The number of hydrogen-bond donors (Lipinski definition) is 1. The number of halogens is 1. The van der Waals surface area contributed by atoms with Crippen molar-refractivity contribution in [2.45, 2.75) is 25.0 Å². The number of benzene rings is 2. The largest absolute Gasteiger partial charge is 0.497 e. The van der Waals surface area contributed by atoms with Gasteiger partial charge in [-0.2, -0.15) is 0 Å². The average Bonchev–Trinajstić information content (AvgIpc) is 2.82. The first-order valence-electron chi connectivity index (χ1n) is 10.9. The number of fused-ring (bicyclic) bond motifs is 4. The van der Waals surface area contributed by atoms with Crippen molar-refractivity contribution in [1.29, 1.82) is 0 Å². The molecule has 0 spiro atoms. The Balaban J connectivity index is 1.36. The van der Waals surface area contributed by atoms with Crippen LogP contribution >= 0.6 is 0 Å². The van der Waals surface area contributed by atoms with Crippen molar-refractivity contribution >= 4 is 17.0 Å². The number of methoxy groups -OCH3 is 1. The predicted octanol–water partition coefficient (Wildman–Crippen LogP) is 4.84. The molecule has 4 heterocycles. The fraction of sp³-hybridized carbons (Fsp3) is 0.346. The molecule has 0 saturated carbocycles. The number of pyridine rings is 1. The van der Waals surface area contributed by atoms with E-state index in [0.717, 1.165) is 53.7 Å². The highest BCUT2D eigenvalue weighted by atomic mass is 19.1. The second-order valence-electron chi connectivity index (χ2n) is 8.65. The van der Waals surface area contributed by atoms with E-state index in [4.69, 9.17) is 4.74 Å². The highest BCUT2D eigenvalue weighted by molar-refractivity contribution is 5.84. The summed E-state index contributed by atoms with van der Waals surface area (Å²) in [5.74, 6) is 1.51. The van der Waals surface area contributed by atoms with E-state index in [2.05, 4.69) is 16.0 Å². The molecule has 5 heteroatoms. The maximum atomic E-state index is 13.5. The highest BCUT2D eigenvalue weighted by Crippen LogP contribution is 2.42. The summed E-state index contributed by atoms with van der Waals surface area (Å²) >= 11 is 0. The summed E-state index contributed by atoms with van der Waals surface area (Å²) in [7, 11) is 1.65. The summed E-state index contributed by atoms with van der Waals surface area (Å²) in [6, 6.07) is 14.5. The standard InChI is InChI=1S/C26H27FN2O2/c1-31-21-7-8-24-23(15-21)22(9-11-28-24)26(30)25-14-18-10-12-29(25)16-19(18)6-5-17-3-2-4-20(27)13-17/h2-9,11,13,15,18-19,25-26,30H,10,12,14,16H2,1H3/b6-5+/t18?,19?,25?,26-/m1/s1. The molecule has 160 valence electrons. The number of aliphatic hydroxyl groups excluding tert-OH is 1. The van der Waals surface area contributed by atoms with E-state index in [1.807, 2.05) is 36.4 Å². The minimum Gasteiger partial charge on any atom is -0.497 e. The van der Waals surface area contributed by atoms with E-state index >= 15 is 0 Å². The maximum Gasteiger partial charge on any atom is 0.123 e. The molecule has 3 fully saturated rings. The third-order valence-electron chi connectivity index (χ3n) is 6.90. The Bertz CT molecular complexity index is 1120. The molecule has 2 bridgehead atoms. The van der Waals surface area contributed by atoms with E-state index in [1.165, 1.54) is 6.07 Å². The van der Waals surface area contributed by atoms with E-state index < -0.39 is 6.10 Å². The molecule has 3 aliphatic rings. The van der Waals surface area contributed by atoms with Gasteiger partial charge in [0, 0.05) is 24.2 Å². The van der Waals surface area contributed by atoms with Crippen LogP contribution in [0.4, 0.5) is 4.39 Å². The lowest BCUT2D eigenvalue weighted by Crippen LogP contribution is -2.54. The van der Waals surface area contributed by atoms with E-state index in [1.54, 1.807) is 25.4 Å². The first-order valence-corrected chi connectivity index (χ1v) is 10.9. The summed E-state index contributed by atoms with van der Waals surface area (Å²) in [4.78, 5) is 6.86. The van der Waals surface area contributed by atoms with Gasteiger partial charge in [-0.15, -0.1) is 0 Å². The van der Waals surface area contributed by atoms with Crippen molar-refractivity contribution < 1.29 is 14.2 Å². The molecule has 3 aliphatic heterocycles. The Morgan fingerprint density at radius 3 is 2.90 bits per heavy atom. The van der Waals surface area contributed by atoms with Crippen LogP contribution in [0.25, 0.3) is 17.0 Å².